The standard InChI is InChI=1S/C16H17N3O3.H2O/c1-11(14-9-8-13(22-2)10-15(14)20)18-19-16(21)17-12-6-4-3-5-7-12;/h3-10,20H,1-2H3,(H2,17,19,21);1H2/b18-11+;. The summed E-state index contributed by atoms with van der Waals surface area (Å²) in [5.74, 6) is 0.578. The van der Waals surface area contributed by atoms with Crippen molar-refractivity contribution in [3.05, 3.63) is 54.1 Å². The van der Waals surface area contributed by atoms with Gasteiger partial charge in [0, 0.05) is 17.3 Å². The molecule has 2 rings (SSSR count). The van der Waals surface area contributed by atoms with Crippen LogP contribution in [0.25, 0.3) is 0 Å². The van der Waals surface area contributed by atoms with E-state index in [-0.39, 0.29) is 11.2 Å². The van der Waals surface area contributed by atoms with Gasteiger partial charge in [-0.3, -0.25) is 0 Å². The molecule has 2 amide bonds. The van der Waals surface area contributed by atoms with Gasteiger partial charge in [0.15, 0.2) is 0 Å². The number of phenolic OH excluding ortho intramolecular Hbond substituents is 1. The average molecular weight is 317 g/mol. The van der Waals surface area contributed by atoms with E-state index in [4.69, 9.17) is 4.74 Å². The average Bonchev–Trinajstić information content (AvgIpc) is 2.53. The number of amides is 2. The number of carbonyl (C=O) groups excluding carboxylic acids is 1. The van der Waals surface area contributed by atoms with Gasteiger partial charge in [0.1, 0.15) is 11.5 Å². The van der Waals surface area contributed by atoms with Gasteiger partial charge in [-0.1, -0.05) is 18.2 Å². The lowest BCUT2D eigenvalue weighted by Crippen LogP contribution is -2.25. The molecule has 0 aliphatic rings. The number of nitrogens with one attached hydrogen (secondary N) is 2. The first kappa shape index (κ1) is 18.0. The number of carbonyl (C=O) groups is 1. The van der Waals surface area contributed by atoms with Crippen molar-refractivity contribution < 1.29 is 20.1 Å². The molecule has 0 bridgehead atoms. The number of hydrazone groups is 1. The molecule has 7 heteroatoms. The molecule has 0 aliphatic carbocycles. The summed E-state index contributed by atoms with van der Waals surface area (Å²) in [4.78, 5) is 11.7. The van der Waals surface area contributed by atoms with E-state index in [9.17, 15) is 9.90 Å². The molecule has 23 heavy (non-hydrogen) atoms. The first-order valence-corrected chi connectivity index (χ1v) is 6.64. The number of benzene rings is 2. The number of phenols is 1. The Labute approximate surface area is 133 Å². The Bertz CT molecular complexity index is 687. The first-order chi connectivity index (χ1) is 10.6. The molecule has 7 nitrogen and oxygen atoms in total. The molecule has 0 fully saturated rings. The van der Waals surface area contributed by atoms with E-state index in [1.807, 2.05) is 18.2 Å². The van der Waals surface area contributed by atoms with Crippen LogP contribution in [0.15, 0.2) is 53.6 Å². The molecule has 0 unspecified atom stereocenters. The van der Waals surface area contributed by atoms with Crippen molar-refractivity contribution in [2.75, 3.05) is 12.4 Å². The highest BCUT2D eigenvalue weighted by Crippen LogP contribution is 2.23. The summed E-state index contributed by atoms with van der Waals surface area (Å²) < 4.78 is 5.01. The second-order valence-electron chi connectivity index (χ2n) is 4.51. The Morgan fingerprint density at radius 1 is 1.17 bits per heavy atom. The van der Waals surface area contributed by atoms with Gasteiger partial charge < -0.3 is 20.6 Å². The van der Waals surface area contributed by atoms with E-state index in [2.05, 4.69) is 15.8 Å². The molecule has 2 aromatic rings. The van der Waals surface area contributed by atoms with Crippen molar-refractivity contribution in [1.82, 2.24) is 5.43 Å². The third-order valence-electron chi connectivity index (χ3n) is 2.95. The first-order valence-electron chi connectivity index (χ1n) is 6.64. The van der Waals surface area contributed by atoms with E-state index < -0.39 is 6.03 Å². The van der Waals surface area contributed by atoms with Crippen LogP contribution in [0.5, 0.6) is 11.5 Å². The Hall–Kier alpha value is -3.06. The summed E-state index contributed by atoms with van der Waals surface area (Å²) in [5, 5.41) is 16.5. The quantitative estimate of drug-likeness (QED) is 0.592. The number of methoxy groups -OCH3 is 1. The fraction of sp³-hybridized carbons (Fsp3) is 0.125. The molecule has 0 saturated carbocycles. The molecule has 5 N–H and O–H groups in total. The molecule has 2 aromatic carbocycles. The molecule has 0 aliphatic heterocycles. The largest absolute Gasteiger partial charge is 0.507 e. The molecule has 0 radical (unpaired) electrons. The summed E-state index contributed by atoms with van der Waals surface area (Å²) in [6, 6.07) is 13.4. The Kier molecular flexibility index (Phi) is 6.57. The lowest BCUT2D eigenvalue weighted by Gasteiger charge is -2.07. The zero-order valence-corrected chi connectivity index (χ0v) is 12.8. The summed E-state index contributed by atoms with van der Waals surface area (Å²) in [5.41, 5.74) is 4.04. The number of hydrogen-bond acceptors (Lipinski definition) is 4. The molecule has 122 valence electrons. The molecular weight excluding hydrogens is 298 g/mol. The predicted molar refractivity (Wildman–Crippen MR) is 89.1 cm³/mol. The van der Waals surface area contributed by atoms with Gasteiger partial charge in [0.2, 0.25) is 0 Å². The second kappa shape index (κ2) is 8.40. The monoisotopic (exact) mass is 317 g/mol. The Morgan fingerprint density at radius 2 is 1.87 bits per heavy atom. The van der Waals surface area contributed by atoms with Crippen LogP contribution >= 0.6 is 0 Å². The molecule has 0 atom stereocenters. The van der Waals surface area contributed by atoms with Crippen molar-refractivity contribution in [2.45, 2.75) is 6.92 Å². The van der Waals surface area contributed by atoms with Crippen LogP contribution in [0.1, 0.15) is 12.5 Å². The van der Waals surface area contributed by atoms with E-state index in [1.165, 1.54) is 13.2 Å². The normalized spacial score (nSPS) is 10.4. The van der Waals surface area contributed by atoms with Crippen LogP contribution in [-0.4, -0.2) is 29.4 Å². The molecule has 0 saturated heterocycles. The van der Waals surface area contributed by atoms with Crippen molar-refractivity contribution in [2.24, 2.45) is 5.10 Å². The Morgan fingerprint density at radius 3 is 2.48 bits per heavy atom. The van der Waals surface area contributed by atoms with E-state index in [0.29, 0.717) is 22.7 Å². The minimum Gasteiger partial charge on any atom is -0.507 e. The lowest BCUT2D eigenvalue weighted by atomic mass is 10.1. The maximum Gasteiger partial charge on any atom is 0.339 e. The summed E-state index contributed by atoms with van der Waals surface area (Å²) in [6.45, 7) is 1.68. The fourth-order valence-corrected chi connectivity index (χ4v) is 1.82. The van der Waals surface area contributed by atoms with Gasteiger partial charge in [-0.05, 0) is 31.2 Å². The SMILES string of the molecule is COc1ccc(/C(C)=N/NC(=O)Nc2ccccc2)c(O)c1.O. The topological polar surface area (TPSA) is 114 Å². The number of anilines is 1. The molecule has 0 aromatic heterocycles. The molecule has 0 spiro atoms. The van der Waals surface area contributed by atoms with Crippen LogP contribution in [-0.2, 0) is 0 Å². The number of urea groups is 1. The van der Waals surface area contributed by atoms with Crippen molar-refractivity contribution in [1.29, 1.82) is 0 Å². The number of aromatic hydroxyl groups is 1. The van der Waals surface area contributed by atoms with Gasteiger partial charge in [0.05, 0.1) is 12.8 Å². The number of ether oxygens (including phenoxy) is 1. The number of para-hydroxylation sites is 1. The van der Waals surface area contributed by atoms with Gasteiger partial charge in [-0.2, -0.15) is 5.10 Å². The summed E-state index contributed by atoms with van der Waals surface area (Å²) >= 11 is 0. The lowest BCUT2D eigenvalue weighted by molar-refractivity contribution is 0.252. The number of rotatable bonds is 4. The maximum absolute atomic E-state index is 11.7. The second-order valence-corrected chi connectivity index (χ2v) is 4.51. The van der Waals surface area contributed by atoms with Gasteiger partial charge in [0.25, 0.3) is 0 Å². The minimum absolute atomic E-state index is 0. The van der Waals surface area contributed by atoms with Crippen LogP contribution in [0.2, 0.25) is 0 Å². The van der Waals surface area contributed by atoms with Crippen LogP contribution in [0.3, 0.4) is 0 Å². The van der Waals surface area contributed by atoms with Crippen molar-refractivity contribution in [3.63, 3.8) is 0 Å². The summed E-state index contributed by atoms with van der Waals surface area (Å²) in [7, 11) is 1.52. The number of nitrogens with zero attached hydrogens (tertiary/aromatic N) is 1. The molecular formula is C16H19N3O4. The zero-order valence-electron chi connectivity index (χ0n) is 12.8. The fourth-order valence-electron chi connectivity index (χ4n) is 1.82. The van der Waals surface area contributed by atoms with Gasteiger partial charge in [-0.15, -0.1) is 0 Å². The van der Waals surface area contributed by atoms with Crippen LogP contribution in [0.4, 0.5) is 10.5 Å². The van der Waals surface area contributed by atoms with Crippen LogP contribution in [0, 0.1) is 0 Å². The molecule has 0 heterocycles. The third-order valence-corrected chi connectivity index (χ3v) is 2.95. The zero-order chi connectivity index (χ0) is 15.9. The Balaban J connectivity index is 0.00000264. The van der Waals surface area contributed by atoms with Gasteiger partial charge in [-0.25, -0.2) is 10.2 Å². The minimum atomic E-state index is -0.460. The summed E-state index contributed by atoms with van der Waals surface area (Å²) in [6.07, 6.45) is 0. The van der Waals surface area contributed by atoms with E-state index in [1.54, 1.807) is 31.2 Å². The third kappa shape index (κ3) is 5.01. The predicted octanol–water partition coefficient (Wildman–Crippen LogP) is 2.12. The highest BCUT2D eigenvalue weighted by atomic mass is 16.5. The van der Waals surface area contributed by atoms with Crippen molar-refractivity contribution >= 4 is 17.4 Å². The van der Waals surface area contributed by atoms with Crippen molar-refractivity contribution in [3.8, 4) is 11.5 Å². The van der Waals surface area contributed by atoms with E-state index >= 15 is 0 Å². The highest BCUT2D eigenvalue weighted by molar-refractivity contribution is 6.02. The maximum atomic E-state index is 11.7. The van der Waals surface area contributed by atoms with Gasteiger partial charge >= 0.3 is 6.03 Å². The van der Waals surface area contributed by atoms with E-state index in [0.717, 1.165) is 0 Å². The number of hydrogen-bond donors (Lipinski definition) is 3. The smallest absolute Gasteiger partial charge is 0.339 e. The highest BCUT2D eigenvalue weighted by Gasteiger charge is 2.07. The van der Waals surface area contributed by atoms with Crippen LogP contribution < -0.4 is 15.5 Å².